The Morgan fingerprint density at radius 3 is 2.93 bits per heavy atom. The number of nitrogens with one attached hydrogen (secondary N) is 1. The van der Waals surface area contributed by atoms with Crippen molar-refractivity contribution in [1.82, 2.24) is 5.32 Å². The Kier molecular flexibility index (Phi) is 4.02. The Balaban J connectivity index is 1.55. The van der Waals surface area contributed by atoms with Crippen molar-refractivity contribution in [3.05, 3.63) is 22.4 Å². The number of rotatable bonds is 5. The fourth-order valence-corrected chi connectivity index (χ4v) is 2.90. The lowest BCUT2D eigenvalue weighted by Gasteiger charge is -2.10. The smallest absolute Gasteiger partial charge is 0.00670 e. The van der Waals surface area contributed by atoms with Gasteiger partial charge in [0, 0.05) is 10.9 Å². The molecule has 0 spiro atoms. The molecule has 2 rings (SSSR count). The summed E-state index contributed by atoms with van der Waals surface area (Å²) in [6.45, 7) is 1.20. The van der Waals surface area contributed by atoms with E-state index in [1.165, 1.54) is 49.9 Å². The molecule has 0 aliphatic heterocycles. The van der Waals surface area contributed by atoms with Crippen LogP contribution in [0.2, 0.25) is 0 Å². The lowest BCUT2D eigenvalue weighted by Crippen LogP contribution is -2.27. The number of hydrogen-bond acceptors (Lipinski definition) is 2. The Bertz CT molecular complexity index is 237. The summed E-state index contributed by atoms with van der Waals surface area (Å²) in [5.41, 5.74) is 0. The third-order valence-corrected chi connectivity index (χ3v) is 3.90. The summed E-state index contributed by atoms with van der Waals surface area (Å²) in [6, 6.07) is 5.21. The van der Waals surface area contributed by atoms with Gasteiger partial charge in [-0.2, -0.15) is 0 Å². The van der Waals surface area contributed by atoms with Crippen LogP contribution < -0.4 is 5.32 Å². The van der Waals surface area contributed by atoms with Crippen molar-refractivity contribution < 1.29 is 0 Å². The van der Waals surface area contributed by atoms with Crippen molar-refractivity contribution in [3.8, 4) is 0 Å². The van der Waals surface area contributed by atoms with E-state index in [0.29, 0.717) is 0 Å². The van der Waals surface area contributed by atoms with Crippen LogP contribution in [0.25, 0.3) is 0 Å². The summed E-state index contributed by atoms with van der Waals surface area (Å²) in [5.74, 6) is 0. The zero-order valence-corrected chi connectivity index (χ0v) is 9.48. The van der Waals surface area contributed by atoms with Gasteiger partial charge in [-0.15, -0.1) is 11.3 Å². The third kappa shape index (κ3) is 3.10. The van der Waals surface area contributed by atoms with E-state index in [2.05, 4.69) is 22.8 Å². The molecular formula is C12H19NS. The summed E-state index contributed by atoms with van der Waals surface area (Å²) >= 11 is 1.88. The minimum atomic E-state index is 0.832. The highest BCUT2D eigenvalue weighted by Crippen LogP contribution is 2.17. The Hall–Kier alpha value is -0.340. The average molecular weight is 209 g/mol. The van der Waals surface area contributed by atoms with Crippen molar-refractivity contribution in [1.29, 1.82) is 0 Å². The van der Waals surface area contributed by atoms with Gasteiger partial charge in [0.25, 0.3) is 0 Å². The van der Waals surface area contributed by atoms with Gasteiger partial charge in [-0.05, 0) is 43.7 Å². The molecule has 1 aromatic rings. The molecule has 1 aliphatic rings. The van der Waals surface area contributed by atoms with Crippen molar-refractivity contribution in [2.75, 3.05) is 6.54 Å². The fourth-order valence-electron chi connectivity index (χ4n) is 2.15. The normalized spacial score (nSPS) is 17.7. The van der Waals surface area contributed by atoms with Gasteiger partial charge in [-0.1, -0.05) is 18.9 Å². The molecule has 1 N–H and O–H groups in total. The van der Waals surface area contributed by atoms with Crippen LogP contribution in [-0.4, -0.2) is 12.6 Å². The van der Waals surface area contributed by atoms with E-state index in [-0.39, 0.29) is 0 Å². The molecule has 1 heterocycles. The molecule has 14 heavy (non-hydrogen) atoms. The zero-order valence-electron chi connectivity index (χ0n) is 8.67. The van der Waals surface area contributed by atoms with Crippen LogP contribution in [-0.2, 0) is 6.42 Å². The second-order valence-electron chi connectivity index (χ2n) is 4.12. The number of aryl methyl sites for hydroxylation is 1. The van der Waals surface area contributed by atoms with Gasteiger partial charge in [0.2, 0.25) is 0 Å². The number of hydrogen-bond donors (Lipinski definition) is 1. The highest BCUT2D eigenvalue weighted by atomic mass is 32.1. The molecule has 0 amide bonds. The van der Waals surface area contributed by atoms with Crippen molar-refractivity contribution in [3.63, 3.8) is 0 Å². The van der Waals surface area contributed by atoms with Crippen molar-refractivity contribution >= 4 is 11.3 Å². The number of thiophene rings is 1. The highest BCUT2D eigenvalue weighted by Gasteiger charge is 2.12. The van der Waals surface area contributed by atoms with Crippen LogP contribution >= 0.6 is 11.3 Å². The first-order valence-corrected chi connectivity index (χ1v) is 6.59. The van der Waals surface area contributed by atoms with E-state index >= 15 is 0 Å². The van der Waals surface area contributed by atoms with Gasteiger partial charge in [0.05, 0.1) is 0 Å². The molecule has 0 bridgehead atoms. The van der Waals surface area contributed by atoms with E-state index in [9.17, 15) is 0 Å². The summed E-state index contributed by atoms with van der Waals surface area (Å²) in [7, 11) is 0. The third-order valence-electron chi connectivity index (χ3n) is 2.97. The maximum Gasteiger partial charge on any atom is 0.00670 e. The first-order chi connectivity index (χ1) is 6.95. The predicted molar refractivity (Wildman–Crippen MR) is 62.9 cm³/mol. The largest absolute Gasteiger partial charge is 0.314 e. The van der Waals surface area contributed by atoms with Crippen LogP contribution in [0.5, 0.6) is 0 Å². The lowest BCUT2D eigenvalue weighted by atomic mass is 10.2. The van der Waals surface area contributed by atoms with Gasteiger partial charge in [-0.3, -0.25) is 0 Å². The molecule has 2 heteroatoms. The first kappa shape index (κ1) is 10.2. The van der Waals surface area contributed by atoms with Gasteiger partial charge >= 0.3 is 0 Å². The molecule has 1 nitrogen and oxygen atoms in total. The minimum absolute atomic E-state index is 0.832. The van der Waals surface area contributed by atoms with Gasteiger partial charge < -0.3 is 5.32 Å². The van der Waals surface area contributed by atoms with E-state index in [4.69, 9.17) is 0 Å². The molecule has 78 valence electrons. The Labute approximate surface area is 90.5 Å². The molecule has 0 aromatic carbocycles. The average Bonchev–Trinajstić information content (AvgIpc) is 2.86. The molecule has 1 fully saturated rings. The predicted octanol–water partition coefficient (Wildman–Crippen LogP) is 3.21. The molecule has 0 unspecified atom stereocenters. The van der Waals surface area contributed by atoms with Crippen LogP contribution in [0.1, 0.15) is 37.0 Å². The van der Waals surface area contributed by atoms with Crippen LogP contribution in [0.3, 0.4) is 0 Å². The highest BCUT2D eigenvalue weighted by molar-refractivity contribution is 7.09. The van der Waals surface area contributed by atoms with Crippen LogP contribution in [0.15, 0.2) is 17.5 Å². The van der Waals surface area contributed by atoms with Gasteiger partial charge in [0.15, 0.2) is 0 Å². The van der Waals surface area contributed by atoms with E-state index in [0.717, 1.165) is 6.04 Å². The van der Waals surface area contributed by atoms with Crippen molar-refractivity contribution in [2.24, 2.45) is 0 Å². The Morgan fingerprint density at radius 1 is 1.36 bits per heavy atom. The topological polar surface area (TPSA) is 12.0 Å². The van der Waals surface area contributed by atoms with Gasteiger partial charge in [0.1, 0.15) is 0 Å². The maximum atomic E-state index is 3.65. The lowest BCUT2D eigenvalue weighted by molar-refractivity contribution is 0.516. The zero-order chi connectivity index (χ0) is 9.64. The second-order valence-corrected chi connectivity index (χ2v) is 5.15. The van der Waals surface area contributed by atoms with Crippen LogP contribution in [0, 0.1) is 0 Å². The minimum Gasteiger partial charge on any atom is -0.314 e. The van der Waals surface area contributed by atoms with Crippen LogP contribution in [0.4, 0.5) is 0 Å². The Morgan fingerprint density at radius 2 is 2.21 bits per heavy atom. The first-order valence-electron chi connectivity index (χ1n) is 5.71. The molecule has 0 atom stereocenters. The standard InChI is InChI=1S/C12H19NS/c1-2-6-11(5-1)13-9-3-7-12-8-4-10-14-12/h4,8,10-11,13H,1-3,5-7,9H2. The second kappa shape index (κ2) is 5.52. The SMILES string of the molecule is c1csc(CCCNC2CCCC2)c1. The maximum absolute atomic E-state index is 3.65. The fraction of sp³-hybridized carbons (Fsp3) is 0.667. The summed E-state index contributed by atoms with van der Waals surface area (Å²) in [4.78, 5) is 1.53. The van der Waals surface area contributed by atoms with E-state index in [1.54, 1.807) is 0 Å². The molecular weight excluding hydrogens is 190 g/mol. The monoisotopic (exact) mass is 209 g/mol. The molecule has 0 radical (unpaired) electrons. The van der Waals surface area contributed by atoms with Gasteiger partial charge in [-0.25, -0.2) is 0 Å². The van der Waals surface area contributed by atoms with Crippen molar-refractivity contribution in [2.45, 2.75) is 44.6 Å². The van der Waals surface area contributed by atoms with E-state index in [1.807, 2.05) is 11.3 Å². The quantitative estimate of drug-likeness (QED) is 0.734. The molecule has 1 aromatic heterocycles. The summed E-state index contributed by atoms with van der Waals surface area (Å²) < 4.78 is 0. The van der Waals surface area contributed by atoms with E-state index < -0.39 is 0 Å². The molecule has 1 saturated carbocycles. The molecule has 0 saturated heterocycles. The molecule has 1 aliphatic carbocycles. The summed E-state index contributed by atoms with van der Waals surface area (Å²) in [6.07, 6.45) is 8.21. The summed E-state index contributed by atoms with van der Waals surface area (Å²) in [5, 5.41) is 5.82.